The number of carbonyl (C=O) groups is 1. The van der Waals surface area contributed by atoms with Crippen molar-refractivity contribution in [3.05, 3.63) is 40.7 Å². The molecule has 0 bridgehead atoms. The molecule has 3 rings (SSSR count). The molecular formula is C16H21N5O. The Hall–Kier alpha value is -2.24. The summed E-state index contributed by atoms with van der Waals surface area (Å²) in [5.74, 6) is 0.580. The van der Waals surface area contributed by atoms with Gasteiger partial charge in [-0.1, -0.05) is 0 Å². The van der Waals surface area contributed by atoms with E-state index in [0.717, 1.165) is 30.5 Å². The van der Waals surface area contributed by atoms with Crippen LogP contribution in [0.4, 0.5) is 0 Å². The maximum Gasteiger partial charge on any atom is 0.272 e. The molecule has 1 atom stereocenters. The van der Waals surface area contributed by atoms with Gasteiger partial charge >= 0.3 is 0 Å². The lowest BCUT2D eigenvalue weighted by molar-refractivity contribution is 0.0932. The van der Waals surface area contributed by atoms with Crippen molar-refractivity contribution >= 4 is 5.91 Å². The SMILES string of the molecule is Cc1nccc(C(C)NC(=O)c2nn(C)c3c2CCCC3)n1. The van der Waals surface area contributed by atoms with E-state index < -0.39 is 0 Å². The maximum absolute atomic E-state index is 12.6. The molecule has 116 valence electrons. The van der Waals surface area contributed by atoms with E-state index in [9.17, 15) is 4.79 Å². The first-order valence-corrected chi connectivity index (χ1v) is 7.71. The molecule has 2 heterocycles. The Morgan fingerprint density at radius 2 is 2.14 bits per heavy atom. The summed E-state index contributed by atoms with van der Waals surface area (Å²) in [5.41, 5.74) is 3.68. The normalized spacial score (nSPS) is 15.2. The quantitative estimate of drug-likeness (QED) is 0.939. The lowest BCUT2D eigenvalue weighted by atomic mass is 9.95. The molecule has 6 nitrogen and oxygen atoms in total. The third-order valence-corrected chi connectivity index (χ3v) is 4.17. The molecule has 1 aliphatic carbocycles. The molecule has 0 aliphatic heterocycles. The number of aryl methyl sites for hydroxylation is 2. The zero-order chi connectivity index (χ0) is 15.7. The fraction of sp³-hybridized carbons (Fsp3) is 0.500. The number of fused-ring (bicyclic) bond motifs is 1. The molecule has 22 heavy (non-hydrogen) atoms. The molecule has 2 aromatic heterocycles. The summed E-state index contributed by atoms with van der Waals surface area (Å²) in [6, 6.07) is 1.65. The summed E-state index contributed by atoms with van der Waals surface area (Å²) in [7, 11) is 1.91. The van der Waals surface area contributed by atoms with Crippen molar-refractivity contribution in [2.24, 2.45) is 7.05 Å². The third kappa shape index (κ3) is 2.73. The molecule has 2 aromatic rings. The highest BCUT2D eigenvalue weighted by molar-refractivity contribution is 5.94. The van der Waals surface area contributed by atoms with E-state index in [1.165, 1.54) is 12.1 Å². The molecule has 0 spiro atoms. The lowest BCUT2D eigenvalue weighted by Gasteiger charge is -2.15. The molecule has 1 amide bonds. The summed E-state index contributed by atoms with van der Waals surface area (Å²) in [6.07, 6.45) is 5.95. The molecule has 6 heteroatoms. The topological polar surface area (TPSA) is 72.7 Å². The van der Waals surface area contributed by atoms with E-state index in [0.29, 0.717) is 11.5 Å². The van der Waals surface area contributed by atoms with E-state index in [2.05, 4.69) is 20.4 Å². The second kappa shape index (κ2) is 5.87. The molecule has 0 saturated heterocycles. The Bertz CT molecular complexity index is 707. The first-order valence-electron chi connectivity index (χ1n) is 7.71. The second-order valence-corrected chi connectivity index (χ2v) is 5.83. The van der Waals surface area contributed by atoms with Gasteiger partial charge in [-0.2, -0.15) is 5.10 Å². The van der Waals surface area contributed by atoms with Crippen LogP contribution in [0, 0.1) is 6.92 Å². The van der Waals surface area contributed by atoms with Crippen LogP contribution < -0.4 is 5.32 Å². The van der Waals surface area contributed by atoms with Crippen LogP contribution in [-0.2, 0) is 19.9 Å². The van der Waals surface area contributed by atoms with Crippen LogP contribution in [0.25, 0.3) is 0 Å². The van der Waals surface area contributed by atoms with Gasteiger partial charge in [0.15, 0.2) is 5.69 Å². The van der Waals surface area contributed by atoms with Crippen molar-refractivity contribution in [1.82, 2.24) is 25.1 Å². The van der Waals surface area contributed by atoms with Crippen molar-refractivity contribution in [2.45, 2.75) is 45.6 Å². The van der Waals surface area contributed by atoms with E-state index in [4.69, 9.17) is 0 Å². The van der Waals surface area contributed by atoms with Crippen LogP contribution >= 0.6 is 0 Å². The number of nitrogens with zero attached hydrogens (tertiary/aromatic N) is 4. The van der Waals surface area contributed by atoms with Gasteiger partial charge in [0.1, 0.15) is 5.82 Å². The molecule has 1 aliphatic rings. The zero-order valence-corrected chi connectivity index (χ0v) is 13.3. The fourth-order valence-corrected chi connectivity index (χ4v) is 3.01. The number of nitrogens with one attached hydrogen (secondary N) is 1. The summed E-state index contributed by atoms with van der Waals surface area (Å²) < 4.78 is 1.85. The van der Waals surface area contributed by atoms with Gasteiger partial charge in [-0.15, -0.1) is 0 Å². The minimum absolute atomic E-state index is 0.123. The molecule has 0 aromatic carbocycles. The number of amides is 1. The maximum atomic E-state index is 12.6. The van der Waals surface area contributed by atoms with Crippen molar-refractivity contribution in [2.75, 3.05) is 0 Å². The van der Waals surface area contributed by atoms with Gasteiger partial charge < -0.3 is 5.32 Å². The van der Waals surface area contributed by atoms with E-state index in [-0.39, 0.29) is 11.9 Å². The van der Waals surface area contributed by atoms with Crippen LogP contribution in [0.5, 0.6) is 0 Å². The summed E-state index contributed by atoms with van der Waals surface area (Å²) >= 11 is 0. The van der Waals surface area contributed by atoms with Crippen LogP contribution in [-0.4, -0.2) is 25.7 Å². The monoisotopic (exact) mass is 299 g/mol. The molecule has 1 unspecified atom stereocenters. The van der Waals surface area contributed by atoms with Crippen molar-refractivity contribution < 1.29 is 4.79 Å². The number of rotatable bonds is 3. The summed E-state index contributed by atoms with van der Waals surface area (Å²) in [5, 5.41) is 7.43. The predicted octanol–water partition coefficient (Wildman–Crippen LogP) is 1.89. The smallest absolute Gasteiger partial charge is 0.272 e. The average Bonchev–Trinajstić information content (AvgIpc) is 2.85. The highest BCUT2D eigenvalue weighted by atomic mass is 16.2. The van der Waals surface area contributed by atoms with E-state index >= 15 is 0 Å². The molecule has 0 saturated carbocycles. The zero-order valence-electron chi connectivity index (χ0n) is 13.3. The summed E-state index contributed by atoms with van der Waals surface area (Å²) in [6.45, 7) is 3.77. The summed E-state index contributed by atoms with van der Waals surface area (Å²) in [4.78, 5) is 21.0. The largest absolute Gasteiger partial charge is 0.343 e. The van der Waals surface area contributed by atoms with Crippen molar-refractivity contribution in [3.8, 4) is 0 Å². The van der Waals surface area contributed by atoms with Crippen LogP contribution in [0.3, 0.4) is 0 Å². The Morgan fingerprint density at radius 3 is 2.91 bits per heavy atom. The fourth-order valence-electron chi connectivity index (χ4n) is 3.01. The molecule has 1 N–H and O–H groups in total. The van der Waals surface area contributed by atoms with Crippen LogP contribution in [0.15, 0.2) is 12.3 Å². The standard InChI is InChI=1S/C16H21N5O/c1-10(13-8-9-17-11(2)19-13)18-16(22)15-12-6-4-5-7-14(12)21(3)20-15/h8-10H,4-7H2,1-3H3,(H,18,22). The highest BCUT2D eigenvalue weighted by Crippen LogP contribution is 2.24. The molecule has 0 radical (unpaired) electrons. The number of hydrogen-bond donors (Lipinski definition) is 1. The van der Waals surface area contributed by atoms with E-state index in [1.54, 1.807) is 6.20 Å². The number of aromatic nitrogens is 4. The van der Waals surface area contributed by atoms with Gasteiger partial charge in [0.2, 0.25) is 0 Å². The molecular weight excluding hydrogens is 278 g/mol. The predicted molar refractivity (Wildman–Crippen MR) is 82.5 cm³/mol. The molecule has 0 fully saturated rings. The highest BCUT2D eigenvalue weighted by Gasteiger charge is 2.24. The Kier molecular flexibility index (Phi) is 3.92. The first kappa shape index (κ1) is 14.7. The van der Waals surface area contributed by atoms with Gasteiger partial charge in [0.25, 0.3) is 5.91 Å². The minimum atomic E-state index is -0.171. The lowest BCUT2D eigenvalue weighted by Crippen LogP contribution is -2.28. The van der Waals surface area contributed by atoms with Gasteiger partial charge in [-0.05, 0) is 45.6 Å². The number of carbonyl (C=O) groups excluding carboxylic acids is 1. The second-order valence-electron chi connectivity index (χ2n) is 5.83. The Labute approximate surface area is 130 Å². The van der Waals surface area contributed by atoms with Gasteiger partial charge in [0, 0.05) is 24.5 Å². The Balaban J connectivity index is 1.80. The average molecular weight is 299 g/mol. The van der Waals surface area contributed by atoms with Gasteiger partial charge in [-0.3, -0.25) is 9.48 Å². The Morgan fingerprint density at radius 1 is 1.36 bits per heavy atom. The van der Waals surface area contributed by atoms with Crippen LogP contribution in [0.2, 0.25) is 0 Å². The first-order chi connectivity index (χ1) is 10.6. The van der Waals surface area contributed by atoms with E-state index in [1.807, 2.05) is 31.6 Å². The third-order valence-electron chi connectivity index (χ3n) is 4.17. The minimum Gasteiger partial charge on any atom is -0.343 e. The van der Waals surface area contributed by atoms with Crippen molar-refractivity contribution in [3.63, 3.8) is 0 Å². The number of hydrogen-bond acceptors (Lipinski definition) is 4. The van der Waals surface area contributed by atoms with Crippen molar-refractivity contribution in [1.29, 1.82) is 0 Å². The van der Waals surface area contributed by atoms with Gasteiger partial charge in [-0.25, -0.2) is 9.97 Å². The van der Waals surface area contributed by atoms with Gasteiger partial charge in [0.05, 0.1) is 11.7 Å². The van der Waals surface area contributed by atoms with Crippen LogP contribution in [0.1, 0.15) is 59.1 Å².